The lowest BCUT2D eigenvalue weighted by atomic mass is 9.78. The molecule has 2 aliphatic rings. The van der Waals surface area contributed by atoms with Crippen LogP contribution in [0.3, 0.4) is 0 Å². The number of hydrogen-bond donors (Lipinski definition) is 0. The van der Waals surface area contributed by atoms with Crippen LogP contribution >= 0.6 is 0 Å². The summed E-state index contributed by atoms with van der Waals surface area (Å²) in [5, 5.41) is 0. The number of carbonyl (C=O) groups is 1. The van der Waals surface area contributed by atoms with Crippen molar-refractivity contribution < 1.29 is 4.79 Å². The molecule has 0 saturated carbocycles. The van der Waals surface area contributed by atoms with Crippen LogP contribution in [0.4, 0.5) is 0 Å². The van der Waals surface area contributed by atoms with Gasteiger partial charge < -0.3 is 0 Å². The zero-order valence-corrected chi connectivity index (χ0v) is 8.75. The van der Waals surface area contributed by atoms with Gasteiger partial charge >= 0.3 is 0 Å². The average Bonchev–Trinajstić information content (AvgIpc) is 2.30. The Labute approximate surface area is 89.8 Å². The topological polar surface area (TPSA) is 17.1 Å². The number of carbonyl (C=O) groups excluding carboxylic acids is 1. The van der Waals surface area contributed by atoms with Gasteiger partial charge in [0.25, 0.3) is 0 Å². The van der Waals surface area contributed by atoms with Gasteiger partial charge in [-0.15, -0.1) is 0 Å². The van der Waals surface area contributed by atoms with Crippen molar-refractivity contribution in [1.82, 2.24) is 0 Å². The molecule has 1 aromatic rings. The van der Waals surface area contributed by atoms with Crippen molar-refractivity contribution in [3.63, 3.8) is 0 Å². The quantitative estimate of drug-likeness (QED) is 0.622. The van der Waals surface area contributed by atoms with Gasteiger partial charge in [-0.25, -0.2) is 0 Å². The first kappa shape index (κ1) is 8.90. The summed E-state index contributed by atoms with van der Waals surface area (Å²) in [6.07, 6.45) is 5.51. The standard InChI is InChI=1S/C14H14O/c15-14-9-10-5-1-2-6-11(10)12-7-3-4-8-13(12)14/h3-4,7-8H,1-2,5-6,9H2. The fourth-order valence-corrected chi connectivity index (χ4v) is 2.77. The second-order valence-corrected chi connectivity index (χ2v) is 4.43. The Balaban J connectivity index is 2.20. The Bertz CT molecular complexity index is 454. The summed E-state index contributed by atoms with van der Waals surface area (Å²) < 4.78 is 0. The third-order valence-corrected chi connectivity index (χ3v) is 3.51. The first-order chi connectivity index (χ1) is 7.36. The molecule has 0 fully saturated rings. The lowest BCUT2D eigenvalue weighted by molar-refractivity contribution is 0.0989. The minimum atomic E-state index is 0.311. The fourth-order valence-electron chi connectivity index (χ4n) is 2.77. The van der Waals surface area contributed by atoms with Crippen molar-refractivity contribution in [1.29, 1.82) is 0 Å². The summed E-state index contributed by atoms with van der Waals surface area (Å²) >= 11 is 0. The second kappa shape index (κ2) is 3.34. The summed E-state index contributed by atoms with van der Waals surface area (Å²) in [5.41, 5.74) is 5.03. The van der Waals surface area contributed by atoms with Crippen molar-refractivity contribution in [3.8, 4) is 0 Å². The molecule has 0 amide bonds. The summed E-state index contributed by atoms with van der Waals surface area (Å²) in [4.78, 5) is 11.9. The minimum Gasteiger partial charge on any atom is -0.294 e. The number of allylic oxidation sites excluding steroid dienone is 2. The number of fused-ring (bicyclic) bond motifs is 2. The van der Waals surface area contributed by atoms with E-state index in [2.05, 4.69) is 6.07 Å². The van der Waals surface area contributed by atoms with E-state index in [9.17, 15) is 4.79 Å². The summed E-state index contributed by atoms with van der Waals surface area (Å²) in [5.74, 6) is 0.311. The molecule has 0 spiro atoms. The highest BCUT2D eigenvalue weighted by Gasteiger charge is 2.25. The van der Waals surface area contributed by atoms with E-state index in [1.54, 1.807) is 0 Å². The van der Waals surface area contributed by atoms with Crippen molar-refractivity contribution in [2.24, 2.45) is 0 Å². The largest absolute Gasteiger partial charge is 0.294 e. The van der Waals surface area contributed by atoms with Crippen molar-refractivity contribution >= 4 is 11.4 Å². The lowest BCUT2D eigenvalue weighted by Crippen LogP contribution is -2.14. The zero-order chi connectivity index (χ0) is 10.3. The molecule has 1 aromatic carbocycles. The number of ketones is 1. The first-order valence-corrected chi connectivity index (χ1v) is 5.70. The molecule has 15 heavy (non-hydrogen) atoms. The SMILES string of the molecule is O=C1CC2=C(CCCC2)c2ccccc21. The van der Waals surface area contributed by atoms with Gasteiger partial charge in [0, 0.05) is 12.0 Å². The third-order valence-electron chi connectivity index (χ3n) is 3.51. The van der Waals surface area contributed by atoms with E-state index in [4.69, 9.17) is 0 Å². The van der Waals surface area contributed by atoms with Crippen LogP contribution in [0.25, 0.3) is 5.57 Å². The minimum absolute atomic E-state index is 0.311. The molecule has 0 bridgehead atoms. The fraction of sp³-hybridized carbons (Fsp3) is 0.357. The van der Waals surface area contributed by atoms with Crippen LogP contribution in [0.15, 0.2) is 29.8 Å². The molecular weight excluding hydrogens is 184 g/mol. The Morgan fingerprint density at radius 3 is 2.53 bits per heavy atom. The van der Waals surface area contributed by atoms with Crippen LogP contribution < -0.4 is 0 Å². The third kappa shape index (κ3) is 1.34. The summed E-state index contributed by atoms with van der Waals surface area (Å²) in [7, 11) is 0. The number of hydrogen-bond acceptors (Lipinski definition) is 1. The molecule has 2 aliphatic carbocycles. The Morgan fingerprint density at radius 1 is 0.933 bits per heavy atom. The average molecular weight is 198 g/mol. The van der Waals surface area contributed by atoms with Crippen molar-refractivity contribution in [2.45, 2.75) is 32.1 Å². The van der Waals surface area contributed by atoms with Crippen LogP contribution in [0, 0.1) is 0 Å². The molecule has 0 N–H and O–H groups in total. The molecule has 0 aliphatic heterocycles. The van der Waals surface area contributed by atoms with E-state index in [0.717, 1.165) is 12.0 Å². The molecule has 0 unspecified atom stereocenters. The van der Waals surface area contributed by atoms with Gasteiger partial charge in [0.15, 0.2) is 5.78 Å². The van der Waals surface area contributed by atoms with Crippen molar-refractivity contribution in [3.05, 3.63) is 41.0 Å². The van der Waals surface area contributed by atoms with Crippen molar-refractivity contribution in [2.75, 3.05) is 0 Å². The molecule has 0 saturated heterocycles. The highest BCUT2D eigenvalue weighted by atomic mass is 16.1. The van der Waals surface area contributed by atoms with Gasteiger partial charge in [-0.1, -0.05) is 29.8 Å². The van der Waals surface area contributed by atoms with Crippen LogP contribution in [0.2, 0.25) is 0 Å². The maximum Gasteiger partial charge on any atom is 0.167 e. The first-order valence-electron chi connectivity index (χ1n) is 5.70. The Kier molecular flexibility index (Phi) is 1.98. The molecule has 0 radical (unpaired) electrons. The highest BCUT2D eigenvalue weighted by Crippen LogP contribution is 2.39. The Morgan fingerprint density at radius 2 is 1.67 bits per heavy atom. The molecule has 3 rings (SSSR count). The normalized spacial score (nSPS) is 19.9. The van der Waals surface area contributed by atoms with E-state index in [1.165, 1.54) is 36.0 Å². The van der Waals surface area contributed by atoms with E-state index in [0.29, 0.717) is 12.2 Å². The molecule has 1 nitrogen and oxygen atoms in total. The van der Waals surface area contributed by atoms with Gasteiger partial charge in [0.05, 0.1) is 0 Å². The monoisotopic (exact) mass is 198 g/mol. The van der Waals surface area contributed by atoms with E-state index >= 15 is 0 Å². The maximum absolute atomic E-state index is 11.9. The predicted octanol–water partition coefficient (Wildman–Crippen LogP) is 3.60. The van der Waals surface area contributed by atoms with Gasteiger partial charge in [-0.05, 0) is 36.8 Å². The number of Topliss-reactive ketones (excluding diaryl/α,β-unsaturated/α-hetero) is 1. The lowest BCUT2D eigenvalue weighted by Gasteiger charge is -2.26. The maximum atomic E-state index is 11.9. The van der Waals surface area contributed by atoms with Crippen LogP contribution in [0.5, 0.6) is 0 Å². The molecule has 0 atom stereocenters. The van der Waals surface area contributed by atoms with Gasteiger partial charge in [0.1, 0.15) is 0 Å². The molecular formula is C14H14O. The van der Waals surface area contributed by atoms with E-state index < -0.39 is 0 Å². The smallest absolute Gasteiger partial charge is 0.167 e. The molecule has 0 aromatic heterocycles. The second-order valence-electron chi connectivity index (χ2n) is 4.43. The van der Waals surface area contributed by atoms with Crippen LogP contribution in [-0.4, -0.2) is 5.78 Å². The summed E-state index contributed by atoms with van der Waals surface area (Å²) in [6, 6.07) is 8.07. The van der Waals surface area contributed by atoms with Gasteiger partial charge in [-0.3, -0.25) is 4.79 Å². The Hall–Kier alpha value is -1.37. The van der Waals surface area contributed by atoms with E-state index in [1.807, 2.05) is 18.2 Å². The van der Waals surface area contributed by atoms with E-state index in [-0.39, 0.29) is 0 Å². The van der Waals surface area contributed by atoms with Gasteiger partial charge in [0.2, 0.25) is 0 Å². The van der Waals surface area contributed by atoms with Crippen LogP contribution in [0.1, 0.15) is 48.0 Å². The highest BCUT2D eigenvalue weighted by molar-refractivity contribution is 6.06. The van der Waals surface area contributed by atoms with Gasteiger partial charge in [-0.2, -0.15) is 0 Å². The number of benzene rings is 1. The number of rotatable bonds is 0. The summed E-state index contributed by atoms with van der Waals surface area (Å²) in [6.45, 7) is 0. The molecule has 0 heterocycles. The van der Waals surface area contributed by atoms with Crippen LogP contribution in [-0.2, 0) is 0 Å². The molecule has 1 heteroatoms. The predicted molar refractivity (Wildman–Crippen MR) is 60.8 cm³/mol. The molecule has 76 valence electrons. The zero-order valence-electron chi connectivity index (χ0n) is 8.75.